The molecule has 3 fully saturated rings. The highest BCUT2D eigenvalue weighted by Crippen LogP contribution is 2.28. The zero-order valence-corrected chi connectivity index (χ0v) is 45.3. The van der Waals surface area contributed by atoms with Crippen molar-refractivity contribution < 1.29 is 28.8 Å². The van der Waals surface area contributed by atoms with Gasteiger partial charge < -0.3 is 57.4 Å². The van der Waals surface area contributed by atoms with Crippen molar-refractivity contribution in [1.29, 1.82) is 0 Å². The predicted octanol–water partition coefficient (Wildman–Crippen LogP) is 6.68. The first-order valence-corrected chi connectivity index (χ1v) is 28.1. The van der Waals surface area contributed by atoms with Gasteiger partial charge in [-0.25, -0.2) is 4.79 Å². The Bertz CT molecular complexity index is 3200. The van der Waals surface area contributed by atoms with Crippen LogP contribution in [0.4, 0.5) is 4.79 Å². The Balaban J connectivity index is 0.000000210. The van der Waals surface area contributed by atoms with Gasteiger partial charge in [0.15, 0.2) is 0 Å². The molecule has 3 aromatic heterocycles. The molecule has 7 amide bonds. The molecule has 10 N–H and O–H groups in total. The normalized spacial score (nSPS) is 17.2. The number of benzene rings is 4. The van der Waals surface area contributed by atoms with Gasteiger partial charge in [-0.1, -0.05) is 86.6 Å². The molecule has 4 atom stereocenters. The second-order valence-corrected chi connectivity index (χ2v) is 21.2. The Morgan fingerprint density at radius 2 is 1.11 bits per heavy atom. The molecular formula is C63H78N12O6. The van der Waals surface area contributed by atoms with Gasteiger partial charge in [0, 0.05) is 123 Å². The molecule has 2 saturated heterocycles. The second kappa shape index (κ2) is 28.7. The summed E-state index contributed by atoms with van der Waals surface area (Å²) in [7, 11) is 0. The van der Waals surface area contributed by atoms with E-state index in [1.54, 1.807) is 45.2 Å². The minimum absolute atomic E-state index is 0. The number of likely N-dealkylation sites (tertiary alicyclic amines) is 1. The van der Waals surface area contributed by atoms with E-state index in [2.05, 4.69) is 36.2 Å². The molecule has 4 aromatic carbocycles. The summed E-state index contributed by atoms with van der Waals surface area (Å²) in [5, 5.41) is 14.2. The Labute approximate surface area is 474 Å². The molecule has 0 bridgehead atoms. The highest BCUT2D eigenvalue weighted by Gasteiger charge is 2.33. The topological polar surface area (TPSA) is 257 Å². The van der Waals surface area contributed by atoms with Gasteiger partial charge in [-0.15, -0.1) is 0 Å². The number of carbonyl (C=O) groups excluding carboxylic acids is 6. The van der Waals surface area contributed by atoms with Crippen LogP contribution in [-0.2, 0) is 40.3 Å². The van der Waals surface area contributed by atoms with Crippen LogP contribution in [0.2, 0.25) is 0 Å². The van der Waals surface area contributed by atoms with Crippen molar-refractivity contribution in [1.82, 2.24) is 50.9 Å². The molecule has 1 aliphatic carbocycles. The molecule has 2 aliphatic heterocycles. The first-order valence-electron chi connectivity index (χ1n) is 28.1. The highest BCUT2D eigenvalue weighted by atomic mass is 16.2. The molecule has 81 heavy (non-hydrogen) atoms. The summed E-state index contributed by atoms with van der Waals surface area (Å²) >= 11 is 0. The third kappa shape index (κ3) is 15.5. The lowest BCUT2D eigenvalue weighted by atomic mass is 9.81. The summed E-state index contributed by atoms with van der Waals surface area (Å²) in [5.74, 6) is -0.0337. The predicted molar refractivity (Wildman–Crippen MR) is 315 cm³/mol. The van der Waals surface area contributed by atoms with Gasteiger partial charge in [0.25, 0.3) is 11.8 Å². The lowest BCUT2D eigenvalue weighted by Crippen LogP contribution is -2.57. The van der Waals surface area contributed by atoms with Crippen molar-refractivity contribution in [3.8, 4) is 0 Å². The SMILES string of the molecule is C.NCC1CCCC(CNC(=O)C(Cc2c[nH]c3ccccc23)NC(=O)N2CCN(C(=O)c3ccccc3)CC2)C1.NCc1ccnc(CNC(=O)C(Cc2c[nH]c3ccccc23)NC(=O)C2CCN(C(=O)c3ccccc3)CC2)c1. The van der Waals surface area contributed by atoms with Crippen LogP contribution < -0.4 is 32.7 Å². The summed E-state index contributed by atoms with van der Waals surface area (Å²) in [6, 6.07) is 36.1. The van der Waals surface area contributed by atoms with Gasteiger partial charge in [0.1, 0.15) is 12.1 Å². The van der Waals surface area contributed by atoms with Gasteiger partial charge in [-0.3, -0.25) is 29.0 Å². The maximum atomic E-state index is 13.5. The quantitative estimate of drug-likeness (QED) is 0.0483. The Kier molecular flexibility index (Phi) is 20.8. The largest absolute Gasteiger partial charge is 0.361 e. The number of piperazine rings is 1. The van der Waals surface area contributed by atoms with E-state index >= 15 is 0 Å². The summed E-state index contributed by atoms with van der Waals surface area (Å²) in [6.07, 6.45) is 11.7. The molecule has 5 heterocycles. The van der Waals surface area contributed by atoms with Crippen LogP contribution in [0.5, 0.6) is 0 Å². The Hall–Kier alpha value is -8.35. The number of aromatic nitrogens is 3. The fraction of sp³-hybridized carbons (Fsp3) is 0.381. The van der Waals surface area contributed by atoms with E-state index in [1.807, 2.05) is 109 Å². The number of fused-ring (bicyclic) bond motifs is 2. The summed E-state index contributed by atoms with van der Waals surface area (Å²) < 4.78 is 0. The van der Waals surface area contributed by atoms with E-state index in [4.69, 9.17) is 11.5 Å². The van der Waals surface area contributed by atoms with Crippen LogP contribution in [0, 0.1) is 17.8 Å². The molecule has 18 heteroatoms. The zero-order chi connectivity index (χ0) is 55.8. The maximum absolute atomic E-state index is 13.5. The molecule has 4 unspecified atom stereocenters. The van der Waals surface area contributed by atoms with E-state index in [0.717, 1.165) is 64.2 Å². The third-order valence-electron chi connectivity index (χ3n) is 15.8. The number of nitrogens with two attached hydrogens (primary N) is 2. The molecule has 3 aliphatic rings. The van der Waals surface area contributed by atoms with Crippen molar-refractivity contribution >= 4 is 57.4 Å². The van der Waals surface area contributed by atoms with Crippen LogP contribution in [-0.4, -0.2) is 130 Å². The van der Waals surface area contributed by atoms with Crippen molar-refractivity contribution in [3.05, 3.63) is 173 Å². The average molecular weight is 1100 g/mol. The fourth-order valence-corrected chi connectivity index (χ4v) is 11.2. The monoisotopic (exact) mass is 1100 g/mol. The van der Waals surface area contributed by atoms with Crippen molar-refractivity contribution in [2.24, 2.45) is 29.2 Å². The van der Waals surface area contributed by atoms with Crippen molar-refractivity contribution in [3.63, 3.8) is 0 Å². The molecule has 426 valence electrons. The molecule has 1 saturated carbocycles. The van der Waals surface area contributed by atoms with Crippen molar-refractivity contribution in [2.75, 3.05) is 52.4 Å². The lowest BCUT2D eigenvalue weighted by Gasteiger charge is -2.35. The van der Waals surface area contributed by atoms with Crippen LogP contribution in [0.15, 0.2) is 140 Å². The van der Waals surface area contributed by atoms with Crippen molar-refractivity contribution in [2.45, 2.75) is 84.0 Å². The van der Waals surface area contributed by atoms with E-state index < -0.39 is 12.1 Å². The number of nitrogens with one attached hydrogen (secondary N) is 6. The smallest absolute Gasteiger partial charge is 0.318 e. The number of para-hydroxylation sites is 2. The third-order valence-corrected chi connectivity index (χ3v) is 15.8. The van der Waals surface area contributed by atoms with Crippen LogP contribution >= 0.6 is 0 Å². The number of amides is 7. The van der Waals surface area contributed by atoms with Gasteiger partial charge in [0.05, 0.1) is 12.2 Å². The average Bonchev–Trinajstić information content (AvgIpc) is 4.14. The maximum Gasteiger partial charge on any atom is 0.318 e. The number of H-pyrrole nitrogens is 2. The van der Waals surface area contributed by atoms with Gasteiger partial charge in [-0.2, -0.15) is 0 Å². The zero-order valence-electron chi connectivity index (χ0n) is 45.3. The molecule has 0 spiro atoms. The van der Waals surface area contributed by atoms with Gasteiger partial charge >= 0.3 is 6.03 Å². The highest BCUT2D eigenvalue weighted by molar-refractivity contribution is 5.96. The minimum Gasteiger partial charge on any atom is -0.361 e. The minimum atomic E-state index is -0.770. The van der Waals surface area contributed by atoms with E-state index in [9.17, 15) is 28.8 Å². The number of rotatable bonds is 17. The number of hydrogen-bond donors (Lipinski definition) is 8. The first-order chi connectivity index (χ1) is 39.0. The number of aromatic amines is 2. The van der Waals surface area contributed by atoms with Gasteiger partial charge in [-0.05, 0) is 116 Å². The number of hydrogen-bond acceptors (Lipinski definition) is 9. The van der Waals surface area contributed by atoms with E-state index in [1.165, 1.54) is 0 Å². The number of urea groups is 1. The second-order valence-electron chi connectivity index (χ2n) is 21.2. The number of carbonyl (C=O) groups is 6. The Morgan fingerprint density at radius 3 is 1.69 bits per heavy atom. The lowest BCUT2D eigenvalue weighted by molar-refractivity contribution is -0.132. The summed E-state index contributed by atoms with van der Waals surface area (Å²) in [5.41, 5.74) is 18.5. The first kappa shape index (κ1) is 58.8. The van der Waals surface area contributed by atoms with Crippen LogP contribution in [0.25, 0.3) is 21.8 Å². The molecular weight excluding hydrogens is 1020 g/mol. The molecule has 10 rings (SSSR count). The summed E-state index contributed by atoms with van der Waals surface area (Å²) in [4.78, 5) is 95.3. The van der Waals surface area contributed by atoms with Gasteiger partial charge in [0.2, 0.25) is 17.7 Å². The van der Waals surface area contributed by atoms with E-state index in [0.29, 0.717) is 113 Å². The molecule has 7 aromatic rings. The number of nitrogens with zero attached hydrogens (tertiary/aromatic N) is 4. The molecule has 0 radical (unpaired) electrons. The Morgan fingerprint density at radius 1 is 0.593 bits per heavy atom. The number of pyridine rings is 1. The fourth-order valence-electron chi connectivity index (χ4n) is 11.2. The molecule has 18 nitrogen and oxygen atoms in total. The summed E-state index contributed by atoms with van der Waals surface area (Å²) in [6.45, 7) is 4.61. The van der Waals surface area contributed by atoms with Crippen LogP contribution in [0.3, 0.4) is 0 Å². The number of piperidine rings is 1. The van der Waals surface area contributed by atoms with Crippen LogP contribution in [0.1, 0.15) is 89.1 Å². The van der Waals surface area contributed by atoms with E-state index in [-0.39, 0.29) is 55.5 Å². The standard InChI is InChI=1S/C31H40N6O3.C31H34N6O3.CH4/c32-19-22-7-6-8-23(17-22)20-34-29(38)28(18-25-21-33-27-12-5-4-11-26(25)27)35-31(40)37-15-13-36(14-16-37)30(39)24-9-2-1-3-10-24;32-18-21-10-13-33-25(16-21)20-35-30(39)28(17-24-19-34-27-9-5-4-8-26(24)27)36-29(38)22-11-14-37(15-12-22)31(40)23-6-2-1-3-7-23;/h1-5,9-12,21-23,28,33H,6-8,13-20,32H2,(H,34,38)(H,35,40);1-10,13,16,19,22,28,34H,11-12,14-15,17-18,20,32H2,(H,35,39)(H,36,38);1H4.